The lowest BCUT2D eigenvalue weighted by molar-refractivity contribution is -0.133. The van der Waals surface area contributed by atoms with Crippen LogP contribution in [-0.4, -0.2) is 85.6 Å². The number of carbonyl (C=O) groups excluding carboxylic acids is 2. The summed E-state index contributed by atoms with van der Waals surface area (Å²) in [5, 5.41) is 6.83. The van der Waals surface area contributed by atoms with Crippen LogP contribution in [0.4, 0.5) is 5.69 Å². The molecule has 1 fully saturated rings. The molecule has 13 nitrogen and oxygen atoms in total. The average molecular weight is 697 g/mol. The van der Waals surface area contributed by atoms with Gasteiger partial charge >= 0.3 is 0 Å². The van der Waals surface area contributed by atoms with Crippen molar-refractivity contribution in [3.05, 3.63) is 86.1 Å². The van der Waals surface area contributed by atoms with Gasteiger partial charge in [0.05, 0.1) is 50.5 Å². The summed E-state index contributed by atoms with van der Waals surface area (Å²) in [6, 6.07) is 14.0. The molecule has 0 spiro atoms. The molecular weight excluding hydrogens is 652 g/mol. The molecule has 1 atom stereocenters. The number of anilines is 1. The maximum Gasteiger partial charge on any atom is 0.258 e. The van der Waals surface area contributed by atoms with Crippen LogP contribution in [0.3, 0.4) is 0 Å². The highest BCUT2D eigenvalue weighted by Crippen LogP contribution is 2.50. The zero-order chi connectivity index (χ0) is 36.1. The monoisotopic (exact) mass is 696 g/mol. The van der Waals surface area contributed by atoms with Crippen LogP contribution in [0.25, 0.3) is 22.0 Å². The zero-order valence-corrected chi connectivity index (χ0v) is 29.5. The largest absolute Gasteiger partial charge is 0.493 e. The number of aromatic nitrogens is 2. The van der Waals surface area contributed by atoms with Crippen molar-refractivity contribution in [1.82, 2.24) is 25.1 Å². The van der Waals surface area contributed by atoms with Crippen molar-refractivity contribution in [2.24, 2.45) is 0 Å². The molecule has 51 heavy (non-hydrogen) atoms. The fourth-order valence-electron chi connectivity index (χ4n) is 7.05. The Morgan fingerprint density at radius 2 is 1.73 bits per heavy atom. The number of amides is 2. The Kier molecular flexibility index (Phi) is 10.8. The lowest BCUT2D eigenvalue weighted by atomic mass is 9.95. The van der Waals surface area contributed by atoms with Crippen molar-refractivity contribution in [2.75, 3.05) is 59.4 Å². The van der Waals surface area contributed by atoms with Crippen molar-refractivity contribution in [3.8, 4) is 28.4 Å². The molecule has 0 bridgehead atoms. The number of benzene rings is 2. The molecule has 0 unspecified atom stereocenters. The number of aryl methyl sites for hydroxylation is 1. The summed E-state index contributed by atoms with van der Waals surface area (Å²) in [7, 11) is 4.68. The minimum absolute atomic E-state index is 0.0626. The van der Waals surface area contributed by atoms with Crippen LogP contribution in [0.2, 0.25) is 0 Å². The molecule has 3 N–H and O–H groups in total. The Bertz CT molecular complexity index is 2060. The Morgan fingerprint density at radius 1 is 0.961 bits per heavy atom. The molecule has 1 saturated heterocycles. The number of H-pyrrole nitrogens is 1. The van der Waals surface area contributed by atoms with Crippen molar-refractivity contribution in [1.29, 1.82) is 0 Å². The second-order valence-electron chi connectivity index (χ2n) is 12.8. The van der Waals surface area contributed by atoms with E-state index in [2.05, 4.69) is 25.5 Å². The molecule has 0 saturated carbocycles. The minimum atomic E-state index is -0.399. The first-order chi connectivity index (χ1) is 24.7. The third kappa shape index (κ3) is 7.68. The van der Waals surface area contributed by atoms with Crippen LogP contribution in [-0.2, 0) is 22.6 Å². The van der Waals surface area contributed by atoms with Gasteiger partial charge in [0, 0.05) is 51.6 Å². The van der Waals surface area contributed by atoms with Gasteiger partial charge in [0.15, 0.2) is 11.5 Å². The van der Waals surface area contributed by atoms with E-state index in [4.69, 9.17) is 14.2 Å². The molecule has 1 aliphatic carbocycles. The summed E-state index contributed by atoms with van der Waals surface area (Å²) in [4.78, 5) is 62.9. The van der Waals surface area contributed by atoms with Crippen molar-refractivity contribution >= 4 is 28.4 Å². The fraction of sp³-hybridized carbons (Fsp3) is 0.395. The smallest absolute Gasteiger partial charge is 0.258 e. The number of methoxy groups -OCH3 is 3. The highest BCUT2D eigenvalue weighted by molar-refractivity contribution is 5.84. The average Bonchev–Trinajstić information content (AvgIpc) is 3.37. The van der Waals surface area contributed by atoms with Gasteiger partial charge in [-0.1, -0.05) is 18.2 Å². The molecule has 2 aliphatic rings. The fourth-order valence-corrected chi connectivity index (χ4v) is 7.05. The van der Waals surface area contributed by atoms with Gasteiger partial charge in [-0.2, -0.15) is 0 Å². The number of piperazine rings is 1. The van der Waals surface area contributed by atoms with Gasteiger partial charge in [-0.15, -0.1) is 0 Å². The van der Waals surface area contributed by atoms with Crippen LogP contribution in [0.15, 0.2) is 58.1 Å². The van der Waals surface area contributed by atoms with Crippen molar-refractivity contribution < 1.29 is 23.8 Å². The lowest BCUT2D eigenvalue weighted by Gasteiger charge is -2.34. The molecule has 268 valence electrons. The first kappa shape index (κ1) is 35.4. The van der Waals surface area contributed by atoms with Gasteiger partial charge in [-0.05, 0) is 66.3 Å². The molecule has 0 radical (unpaired) electrons. The third-order valence-corrected chi connectivity index (χ3v) is 9.56. The van der Waals surface area contributed by atoms with Gasteiger partial charge in [0.2, 0.25) is 23.0 Å². The zero-order valence-electron chi connectivity index (χ0n) is 29.5. The van der Waals surface area contributed by atoms with Crippen LogP contribution in [0, 0.1) is 0 Å². The molecule has 6 rings (SSSR count). The first-order valence-corrected chi connectivity index (χ1v) is 17.2. The Balaban J connectivity index is 1.10. The number of fused-ring (bicyclic) bond motifs is 4. The normalized spacial score (nSPS) is 15.7. The number of aromatic amines is 1. The molecular formula is C38H44N6O7. The SMILES string of the molecule is COc1cc2c(c(OC)c1OC)-c1ccc(NCCCC(=O)N3CCN(Cc4nc5ccccc5c(=O)[nH]4)CC3)c(=O)cc1[C@H](NC(C)=O)CC2. The predicted octanol–water partition coefficient (Wildman–Crippen LogP) is 3.64. The Labute approximate surface area is 295 Å². The highest BCUT2D eigenvalue weighted by atomic mass is 16.5. The predicted molar refractivity (Wildman–Crippen MR) is 195 cm³/mol. The highest BCUT2D eigenvalue weighted by Gasteiger charge is 2.29. The summed E-state index contributed by atoms with van der Waals surface area (Å²) in [6.45, 7) is 4.93. The second kappa shape index (κ2) is 15.6. The van der Waals surface area contributed by atoms with Crippen LogP contribution in [0.5, 0.6) is 17.2 Å². The summed E-state index contributed by atoms with van der Waals surface area (Å²) >= 11 is 0. The van der Waals surface area contributed by atoms with Crippen molar-refractivity contribution in [3.63, 3.8) is 0 Å². The maximum atomic E-state index is 13.6. The van der Waals surface area contributed by atoms with Crippen LogP contribution in [0.1, 0.15) is 49.2 Å². The van der Waals surface area contributed by atoms with E-state index in [0.29, 0.717) is 110 Å². The van der Waals surface area contributed by atoms with E-state index in [9.17, 15) is 19.2 Å². The number of hydrogen-bond acceptors (Lipinski definition) is 10. The molecule has 4 aromatic rings. The number of rotatable bonds is 11. The van der Waals surface area contributed by atoms with Crippen molar-refractivity contribution in [2.45, 2.75) is 45.2 Å². The number of para-hydroxylation sites is 1. The Morgan fingerprint density at radius 3 is 2.45 bits per heavy atom. The van der Waals surface area contributed by atoms with E-state index < -0.39 is 6.04 Å². The summed E-state index contributed by atoms with van der Waals surface area (Å²) < 4.78 is 17.1. The van der Waals surface area contributed by atoms with Gasteiger partial charge in [-0.3, -0.25) is 24.1 Å². The van der Waals surface area contributed by atoms with Gasteiger partial charge in [-0.25, -0.2) is 4.98 Å². The molecule has 1 aliphatic heterocycles. The summed E-state index contributed by atoms with van der Waals surface area (Å²) in [5.41, 5.74) is 3.86. The number of hydrogen-bond donors (Lipinski definition) is 3. The number of ether oxygens (including phenoxy) is 3. The van der Waals surface area contributed by atoms with E-state index in [1.54, 1.807) is 39.5 Å². The van der Waals surface area contributed by atoms with Crippen LogP contribution >= 0.6 is 0 Å². The maximum absolute atomic E-state index is 13.6. The third-order valence-electron chi connectivity index (χ3n) is 9.56. The summed E-state index contributed by atoms with van der Waals surface area (Å²) in [5.74, 6) is 1.95. The van der Waals surface area contributed by atoms with Gasteiger partial charge < -0.3 is 34.7 Å². The molecule has 2 heterocycles. The molecule has 3 aromatic carbocycles. The lowest BCUT2D eigenvalue weighted by Crippen LogP contribution is -2.48. The quantitative estimate of drug-likeness (QED) is 0.198. The number of nitrogens with one attached hydrogen (secondary N) is 3. The number of nitrogens with zero attached hydrogens (tertiary/aromatic N) is 3. The van der Waals surface area contributed by atoms with E-state index in [1.807, 2.05) is 35.2 Å². The van der Waals surface area contributed by atoms with Gasteiger partial charge in [0.1, 0.15) is 5.82 Å². The topological polar surface area (TPSA) is 155 Å². The van der Waals surface area contributed by atoms with E-state index in [0.717, 1.165) is 16.7 Å². The minimum Gasteiger partial charge on any atom is -0.493 e. The summed E-state index contributed by atoms with van der Waals surface area (Å²) in [6.07, 6.45) is 2.06. The molecule has 1 aromatic heterocycles. The molecule has 13 heteroatoms. The van der Waals surface area contributed by atoms with E-state index >= 15 is 0 Å². The van der Waals surface area contributed by atoms with E-state index in [-0.39, 0.29) is 22.8 Å². The van der Waals surface area contributed by atoms with E-state index in [1.165, 1.54) is 6.92 Å². The standard InChI is InChI=1S/C38H44N6O7/c1-23(45)40-29-13-11-24-20-32(49-2)36(50-3)37(51-4)35(24)25-12-14-30(31(46)21-27(25)29)39-15-7-10-34(47)44-18-16-43(17-19-44)22-33-41-28-9-6-5-8-26(28)38(48)42-33/h5-6,8-9,12,14,20-21,29H,7,10-11,13,15-19,22H2,1-4H3,(H,39,46)(H,40,45)(H,41,42,48)/t29-/m1/s1. The molecule has 2 amide bonds. The number of carbonyl (C=O) groups is 2. The first-order valence-electron chi connectivity index (χ1n) is 17.2. The second-order valence-corrected chi connectivity index (χ2v) is 12.8. The van der Waals surface area contributed by atoms with Crippen LogP contribution < -0.4 is 35.8 Å². The Hall–Kier alpha value is -5.43. The van der Waals surface area contributed by atoms with Gasteiger partial charge in [0.25, 0.3) is 5.56 Å².